The van der Waals surface area contributed by atoms with Crippen molar-refractivity contribution >= 4 is 11.9 Å². The summed E-state index contributed by atoms with van der Waals surface area (Å²) in [6, 6.07) is 12.6. The molecule has 1 aliphatic heterocycles. The molecule has 26 heavy (non-hydrogen) atoms. The quantitative estimate of drug-likeness (QED) is 0.753. The lowest BCUT2D eigenvalue weighted by Gasteiger charge is -2.03. The molecule has 8 nitrogen and oxygen atoms in total. The van der Waals surface area contributed by atoms with Crippen LogP contribution in [0.4, 0.5) is 6.01 Å². The molecule has 2 heterocycles. The monoisotopic (exact) mass is 353 g/mol. The molecule has 0 atom stereocenters. The molecule has 0 bridgehead atoms. The van der Waals surface area contributed by atoms with Gasteiger partial charge in [-0.15, -0.1) is 5.10 Å². The van der Waals surface area contributed by atoms with Crippen LogP contribution in [0.15, 0.2) is 46.9 Å². The third-order valence-corrected chi connectivity index (χ3v) is 3.79. The molecule has 0 unspecified atom stereocenters. The summed E-state index contributed by atoms with van der Waals surface area (Å²) >= 11 is 0. The SMILES string of the molecule is COc1cccc(-c2nnc(NC(=O)Cc3ccc4c(c3)OCO4)o2)c1. The Labute approximate surface area is 148 Å². The van der Waals surface area contributed by atoms with Crippen molar-refractivity contribution in [1.82, 2.24) is 10.2 Å². The molecule has 1 N–H and O–H groups in total. The number of methoxy groups -OCH3 is 1. The van der Waals surface area contributed by atoms with Gasteiger partial charge in [-0.05, 0) is 35.9 Å². The first-order chi connectivity index (χ1) is 12.7. The Morgan fingerprint density at radius 1 is 1.15 bits per heavy atom. The van der Waals surface area contributed by atoms with E-state index in [1.165, 1.54) is 0 Å². The average molecular weight is 353 g/mol. The van der Waals surface area contributed by atoms with Crippen LogP contribution in [0.3, 0.4) is 0 Å². The molecule has 1 amide bonds. The number of carbonyl (C=O) groups excluding carboxylic acids is 1. The zero-order valence-corrected chi connectivity index (χ0v) is 13.9. The molecule has 2 aromatic carbocycles. The van der Waals surface area contributed by atoms with Gasteiger partial charge < -0.3 is 18.6 Å². The summed E-state index contributed by atoms with van der Waals surface area (Å²) in [5.41, 5.74) is 1.49. The van der Waals surface area contributed by atoms with Crippen LogP contribution in [-0.4, -0.2) is 30.0 Å². The van der Waals surface area contributed by atoms with Crippen LogP contribution < -0.4 is 19.5 Å². The normalized spacial score (nSPS) is 12.0. The highest BCUT2D eigenvalue weighted by atomic mass is 16.7. The first-order valence-corrected chi connectivity index (χ1v) is 7.87. The third kappa shape index (κ3) is 3.30. The number of benzene rings is 2. The summed E-state index contributed by atoms with van der Waals surface area (Å²) in [6.45, 7) is 0.194. The van der Waals surface area contributed by atoms with Crippen molar-refractivity contribution < 1.29 is 23.4 Å². The predicted molar refractivity (Wildman–Crippen MR) is 91.2 cm³/mol. The molecule has 0 saturated heterocycles. The second-order valence-corrected chi connectivity index (χ2v) is 5.56. The zero-order chi connectivity index (χ0) is 17.9. The van der Waals surface area contributed by atoms with Crippen molar-refractivity contribution in [2.24, 2.45) is 0 Å². The number of nitrogens with zero attached hydrogens (tertiary/aromatic N) is 2. The van der Waals surface area contributed by atoms with Crippen LogP contribution in [0, 0.1) is 0 Å². The molecule has 0 fully saturated rings. The minimum Gasteiger partial charge on any atom is -0.497 e. The van der Waals surface area contributed by atoms with Gasteiger partial charge in [-0.25, -0.2) is 0 Å². The van der Waals surface area contributed by atoms with Crippen LogP contribution in [-0.2, 0) is 11.2 Å². The van der Waals surface area contributed by atoms with E-state index in [1.54, 1.807) is 25.3 Å². The summed E-state index contributed by atoms with van der Waals surface area (Å²) in [7, 11) is 1.58. The molecule has 3 aromatic rings. The van der Waals surface area contributed by atoms with E-state index in [1.807, 2.05) is 24.3 Å². The summed E-state index contributed by atoms with van der Waals surface area (Å²) in [5, 5.41) is 10.4. The highest BCUT2D eigenvalue weighted by Gasteiger charge is 2.16. The molecular formula is C18H15N3O5. The second kappa shape index (κ2) is 6.75. The Balaban J connectivity index is 1.43. The highest BCUT2D eigenvalue weighted by Crippen LogP contribution is 2.32. The van der Waals surface area contributed by atoms with Gasteiger partial charge in [0.25, 0.3) is 0 Å². The van der Waals surface area contributed by atoms with E-state index < -0.39 is 0 Å². The van der Waals surface area contributed by atoms with Crippen molar-refractivity contribution in [1.29, 1.82) is 0 Å². The molecule has 1 aliphatic rings. The lowest BCUT2D eigenvalue weighted by molar-refractivity contribution is -0.115. The summed E-state index contributed by atoms with van der Waals surface area (Å²) in [6.07, 6.45) is 0.146. The summed E-state index contributed by atoms with van der Waals surface area (Å²) in [4.78, 5) is 12.2. The van der Waals surface area contributed by atoms with Crippen LogP contribution >= 0.6 is 0 Å². The van der Waals surface area contributed by atoms with Gasteiger partial charge in [0.2, 0.25) is 18.6 Å². The number of ether oxygens (including phenoxy) is 3. The summed E-state index contributed by atoms with van der Waals surface area (Å²) < 4.78 is 21.2. The number of hydrogen-bond donors (Lipinski definition) is 1. The maximum atomic E-state index is 12.2. The van der Waals surface area contributed by atoms with E-state index in [0.717, 1.165) is 5.56 Å². The van der Waals surface area contributed by atoms with E-state index in [0.29, 0.717) is 28.7 Å². The third-order valence-electron chi connectivity index (χ3n) is 3.79. The number of fused-ring (bicyclic) bond motifs is 1. The number of anilines is 1. The standard InChI is InChI=1S/C18H15N3O5/c1-23-13-4-2-3-12(9-13)17-20-21-18(26-17)19-16(22)8-11-5-6-14-15(7-11)25-10-24-14/h2-7,9H,8,10H2,1H3,(H,19,21,22). The predicted octanol–water partition coefficient (Wildman–Crippen LogP) is 2.66. The molecule has 132 valence electrons. The van der Waals surface area contributed by atoms with Gasteiger partial charge in [0.1, 0.15) is 5.75 Å². The number of nitrogens with one attached hydrogen (secondary N) is 1. The minimum atomic E-state index is -0.273. The fourth-order valence-electron chi connectivity index (χ4n) is 2.55. The summed E-state index contributed by atoms with van der Waals surface area (Å²) in [5.74, 6) is 2.00. The van der Waals surface area contributed by atoms with Crippen LogP contribution in [0.25, 0.3) is 11.5 Å². The van der Waals surface area contributed by atoms with Gasteiger partial charge in [0.05, 0.1) is 13.5 Å². The van der Waals surface area contributed by atoms with Gasteiger partial charge in [-0.1, -0.05) is 17.2 Å². The maximum Gasteiger partial charge on any atom is 0.322 e. The van der Waals surface area contributed by atoms with E-state index in [9.17, 15) is 4.79 Å². The number of hydrogen-bond acceptors (Lipinski definition) is 7. The fourth-order valence-corrected chi connectivity index (χ4v) is 2.55. The largest absolute Gasteiger partial charge is 0.497 e. The molecule has 8 heteroatoms. The van der Waals surface area contributed by atoms with E-state index in [-0.39, 0.29) is 25.1 Å². The molecular weight excluding hydrogens is 338 g/mol. The average Bonchev–Trinajstić information content (AvgIpc) is 3.30. The Morgan fingerprint density at radius 2 is 2.04 bits per heavy atom. The number of rotatable bonds is 5. The smallest absolute Gasteiger partial charge is 0.322 e. The van der Waals surface area contributed by atoms with Crippen molar-refractivity contribution in [3.05, 3.63) is 48.0 Å². The van der Waals surface area contributed by atoms with Crippen molar-refractivity contribution in [3.8, 4) is 28.7 Å². The minimum absolute atomic E-state index is 0.0357. The molecule has 0 saturated carbocycles. The zero-order valence-electron chi connectivity index (χ0n) is 13.9. The molecule has 0 spiro atoms. The van der Waals surface area contributed by atoms with Crippen molar-refractivity contribution in [2.45, 2.75) is 6.42 Å². The van der Waals surface area contributed by atoms with Gasteiger partial charge in [-0.3, -0.25) is 10.1 Å². The lowest BCUT2D eigenvalue weighted by Crippen LogP contribution is -2.14. The Kier molecular flexibility index (Phi) is 4.14. The number of aromatic nitrogens is 2. The van der Waals surface area contributed by atoms with E-state index >= 15 is 0 Å². The van der Waals surface area contributed by atoms with E-state index in [2.05, 4.69) is 15.5 Å². The fraction of sp³-hybridized carbons (Fsp3) is 0.167. The molecule has 4 rings (SSSR count). The van der Waals surface area contributed by atoms with Crippen molar-refractivity contribution in [2.75, 3.05) is 19.2 Å². The van der Waals surface area contributed by atoms with Crippen LogP contribution in [0.5, 0.6) is 17.2 Å². The first-order valence-electron chi connectivity index (χ1n) is 7.87. The Hall–Kier alpha value is -3.55. The van der Waals surface area contributed by atoms with Gasteiger partial charge in [0, 0.05) is 5.56 Å². The van der Waals surface area contributed by atoms with Gasteiger partial charge >= 0.3 is 6.01 Å². The molecule has 0 radical (unpaired) electrons. The molecule has 0 aliphatic carbocycles. The Morgan fingerprint density at radius 3 is 2.92 bits per heavy atom. The Bertz CT molecular complexity index is 954. The van der Waals surface area contributed by atoms with Crippen LogP contribution in [0.2, 0.25) is 0 Å². The number of carbonyl (C=O) groups is 1. The van der Waals surface area contributed by atoms with Gasteiger partial charge in [0.15, 0.2) is 11.5 Å². The van der Waals surface area contributed by atoms with Crippen LogP contribution in [0.1, 0.15) is 5.56 Å². The van der Waals surface area contributed by atoms with Gasteiger partial charge in [-0.2, -0.15) is 0 Å². The first kappa shape index (κ1) is 15.9. The maximum absolute atomic E-state index is 12.2. The highest BCUT2D eigenvalue weighted by molar-refractivity contribution is 5.90. The number of amides is 1. The van der Waals surface area contributed by atoms with Crippen molar-refractivity contribution in [3.63, 3.8) is 0 Å². The second-order valence-electron chi connectivity index (χ2n) is 5.56. The van der Waals surface area contributed by atoms with E-state index in [4.69, 9.17) is 18.6 Å². The topological polar surface area (TPSA) is 95.7 Å². The lowest BCUT2D eigenvalue weighted by atomic mass is 10.1. The molecule has 1 aromatic heterocycles.